The molecule has 0 radical (unpaired) electrons. The van der Waals surface area contributed by atoms with Gasteiger partial charge in [-0.25, -0.2) is 35.8 Å². The first-order chi connectivity index (χ1) is 15.6. The molecule has 6 nitrogen and oxygen atoms in total. The van der Waals surface area contributed by atoms with Gasteiger partial charge in [-0.05, 0) is 23.8 Å². The highest BCUT2D eigenvalue weighted by atomic mass is 32.2. The van der Waals surface area contributed by atoms with Crippen molar-refractivity contribution in [3.05, 3.63) is 100 Å². The molecule has 174 valence electrons. The van der Waals surface area contributed by atoms with E-state index < -0.39 is 63.0 Å². The van der Waals surface area contributed by atoms with Gasteiger partial charge < -0.3 is 0 Å². The van der Waals surface area contributed by atoms with Crippen LogP contribution < -0.4 is 5.48 Å². The minimum absolute atomic E-state index is 0.00607. The lowest BCUT2D eigenvalue weighted by molar-refractivity contribution is 0.0706. The molecule has 0 aromatic heterocycles. The molecule has 1 amide bonds. The van der Waals surface area contributed by atoms with Crippen molar-refractivity contribution in [1.82, 2.24) is 9.79 Å². The third kappa shape index (κ3) is 5.02. The number of carbonyl (C=O) groups is 1. The third-order valence-electron chi connectivity index (χ3n) is 4.67. The summed E-state index contributed by atoms with van der Waals surface area (Å²) in [4.78, 5) is 9.98. The summed E-state index contributed by atoms with van der Waals surface area (Å²) in [7, 11) is -5.01. The summed E-state index contributed by atoms with van der Waals surface area (Å²) < 4.78 is 96.0. The Hall–Kier alpha value is -3.35. The number of hydrogen-bond acceptors (Lipinski definition) is 4. The number of nitrogens with one attached hydrogen (secondary N) is 1. The lowest BCUT2D eigenvalue weighted by Gasteiger charge is -2.23. The summed E-state index contributed by atoms with van der Waals surface area (Å²) in [6, 6.07) is 10.2. The van der Waals surface area contributed by atoms with Gasteiger partial charge in [-0.15, -0.1) is 0 Å². The van der Waals surface area contributed by atoms with E-state index in [9.17, 15) is 35.2 Å². The number of amides is 1. The first-order valence-electron chi connectivity index (χ1n) is 9.16. The van der Waals surface area contributed by atoms with E-state index in [1.165, 1.54) is 47.9 Å². The van der Waals surface area contributed by atoms with Crippen LogP contribution in [0.25, 0.3) is 0 Å². The first-order valence-corrected chi connectivity index (χ1v) is 10.6. The van der Waals surface area contributed by atoms with Crippen molar-refractivity contribution in [2.75, 3.05) is 0 Å². The zero-order chi connectivity index (χ0) is 24.3. The monoisotopic (exact) mass is 486 g/mol. The van der Waals surface area contributed by atoms with Crippen molar-refractivity contribution in [2.45, 2.75) is 18.0 Å². The number of hydrogen-bond donors (Lipinski definition) is 2. The van der Waals surface area contributed by atoms with E-state index in [1.807, 2.05) is 0 Å². The molecule has 2 N–H and O–H groups in total. The summed E-state index contributed by atoms with van der Waals surface area (Å²) in [6.07, 6.45) is 0. The van der Waals surface area contributed by atoms with Crippen LogP contribution in [0.2, 0.25) is 0 Å². The molecule has 3 aromatic rings. The van der Waals surface area contributed by atoms with Crippen LogP contribution in [0.15, 0.2) is 59.5 Å². The smallest absolute Gasteiger partial charge is 0.274 e. The lowest BCUT2D eigenvalue weighted by Crippen LogP contribution is -2.32. The lowest BCUT2D eigenvalue weighted by atomic mass is 10.1. The van der Waals surface area contributed by atoms with Crippen LogP contribution in [0.5, 0.6) is 0 Å². The molecule has 0 unspecified atom stereocenters. The molecule has 0 heterocycles. The van der Waals surface area contributed by atoms with Crippen molar-refractivity contribution in [1.29, 1.82) is 0 Å². The predicted molar refractivity (Wildman–Crippen MR) is 105 cm³/mol. The van der Waals surface area contributed by atoms with E-state index in [0.717, 1.165) is 6.07 Å². The van der Waals surface area contributed by atoms with Crippen LogP contribution in [0.3, 0.4) is 0 Å². The van der Waals surface area contributed by atoms with Gasteiger partial charge in [-0.3, -0.25) is 10.0 Å². The van der Waals surface area contributed by atoms with Gasteiger partial charge in [0.2, 0.25) is 10.0 Å². The Morgan fingerprint density at radius 3 is 2.09 bits per heavy atom. The van der Waals surface area contributed by atoms with Gasteiger partial charge in [-0.2, -0.15) is 4.31 Å². The van der Waals surface area contributed by atoms with E-state index in [2.05, 4.69) is 0 Å². The van der Waals surface area contributed by atoms with Crippen LogP contribution in [0.4, 0.5) is 22.0 Å². The van der Waals surface area contributed by atoms with E-state index >= 15 is 0 Å². The van der Waals surface area contributed by atoms with Crippen LogP contribution in [-0.4, -0.2) is 23.8 Å². The summed E-state index contributed by atoms with van der Waals surface area (Å²) >= 11 is 0. The van der Waals surface area contributed by atoms with Gasteiger partial charge in [0.25, 0.3) is 5.91 Å². The Morgan fingerprint density at radius 2 is 1.48 bits per heavy atom. The number of benzene rings is 3. The van der Waals surface area contributed by atoms with Gasteiger partial charge >= 0.3 is 0 Å². The normalized spacial score (nSPS) is 11.6. The molecule has 0 spiro atoms. The predicted octanol–water partition coefficient (Wildman–Crippen LogP) is 3.89. The number of carbonyl (C=O) groups excluding carboxylic acids is 1. The van der Waals surface area contributed by atoms with Crippen molar-refractivity contribution < 1.29 is 40.4 Å². The van der Waals surface area contributed by atoms with Gasteiger partial charge in [-0.1, -0.05) is 30.3 Å². The van der Waals surface area contributed by atoms with E-state index in [-0.39, 0.29) is 22.8 Å². The maximum absolute atomic E-state index is 14.3. The van der Waals surface area contributed by atoms with Gasteiger partial charge in [0, 0.05) is 30.3 Å². The molecule has 33 heavy (non-hydrogen) atoms. The average molecular weight is 486 g/mol. The highest BCUT2D eigenvalue weighted by Gasteiger charge is 2.33. The molecule has 0 aliphatic carbocycles. The van der Waals surface area contributed by atoms with Crippen molar-refractivity contribution in [3.63, 3.8) is 0 Å². The summed E-state index contributed by atoms with van der Waals surface area (Å²) in [5.74, 6) is -10.1. The fourth-order valence-electron chi connectivity index (χ4n) is 2.95. The number of halogens is 5. The van der Waals surface area contributed by atoms with Crippen LogP contribution >= 0.6 is 0 Å². The Kier molecular flexibility index (Phi) is 7.10. The molecule has 0 bridgehead atoms. The van der Waals surface area contributed by atoms with Crippen LogP contribution in [0.1, 0.15) is 21.5 Å². The molecule has 0 fully saturated rings. The molecule has 12 heteroatoms. The molecule has 0 aliphatic rings. The van der Waals surface area contributed by atoms with E-state index in [0.29, 0.717) is 4.31 Å². The first kappa shape index (κ1) is 24.3. The standard InChI is InChI=1S/C21H15F5N2O4S/c22-15-4-2-1-3-14(15)11-28(10-12-5-7-13(8-6-12)21(29)27-30)33(31,32)17-9-16(23)18(24)20(26)19(17)25/h1-9,30H,10-11H2,(H,27,29). The van der Waals surface area contributed by atoms with E-state index in [1.54, 1.807) is 0 Å². The highest BCUT2D eigenvalue weighted by molar-refractivity contribution is 7.89. The van der Waals surface area contributed by atoms with E-state index in [4.69, 9.17) is 5.21 Å². The topological polar surface area (TPSA) is 86.7 Å². The zero-order valence-electron chi connectivity index (χ0n) is 16.5. The molecular weight excluding hydrogens is 471 g/mol. The molecule has 0 saturated heterocycles. The number of nitrogens with zero attached hydrogens (tertiary/aromatic N) is 1. The summed E-state index contributed by atoms with van der Waals surface area (Å²) in [5, 5.41) is 8.67. The minimum atomic E-state index is -5.01. The maximum Gasteiger partial charge on any atom is 0.274 e. The largest absolute Gasteiger partial charge is 0.288 e. The number of hydroxylamine groups is 1. The number of sulfonamides is 1. The Labute approximate surface area is 184 Å². The fourth-order valence-corrected chi connectivity index (χ4v) is 4.42. The molecular formula is C21H15F5N2O4S. The SMILES string of the molecule is O=C(NO)c1ccc(CN(Cc2ccccc2F)S(=O)(=O)c2cc(F)c(F)c(F)c2F)cc1. The minimum Gasteiger partial charge on any atom is -0.288 e. The average Bonchev–Trinajstić information content (AvgIpc) is 2.80. The molecule has 0 atom stereocenters. The third-order valence-corrected chi connectivity index (χ3v) is 6.46. The maximum atomic E-state index is 14.3. The Morgan fingerprint density at radius 1 is 0.848 bits per heavy atom. The Balaban J connectivity index is 2.07. The van der Waals surface area contributed by atoms with Gasteiger partial charge in [0.15, 0.2) is 23.3 Å². The van der Waals surface area contributed by atoms with Crippen molar-refractivity contribution >= 4 is 15.9 Å². The summed E-state index contributed by atoms with van der Waals surface area (Å²) in [6.45, 7) is -1.19. The quantitative estimate of drug-likeness (QED) is 0.174. The molecule has 0 saturated carbocycles. The second-order valence-electron chi connectivity index (χ2n) is 6.80. The van der Waals surface area contributed by atoms with Crippen LogP contribution in [-0.2, 0) is 23.1 Å². The Bertz CT molecular complexity index is 1300. The van der Waals surface area contributed by atoms with Gasteiger partial charge in [0.1, 0.15) is 10.7 Å². The van der Waals surface area contributed by atoms with Crippen LogP contribution in [0, 0.1) is 29.1 Å². The second kappa shape index (κ2) is 9.65. The second-order valence-corrected chi connectivity index (χ2v) is 8.71. The molecule has 3 aromatic carbocycles. The van der Waals surface area contributed by atoms with Crippen molar-refractivity contribution in [3.8, 4) is 0 Å². The molecule has 3 rings (SSSR count). The van der Waals surface area contributed by atoms with Crippen molar-refractivity contribution in [2.24, 2.45) is 0 Å². The zero-order valence-corrected chi connectivity index (χ0v) is 17.3. The summed E-state index contributed by atoms with van der Waals surface area (Å²) in [5.41, 5.74) is 1.55. The molecule has 0 aliphatic heterocycles. The van der Waals surface area contributed by atoms with Gasteiger partial charge in [0.05, 0.1) is 0 Å². The highest BCUT2D eigenvalue weighted by Crippen LogP contribution is 2.28. The fraction of sp³-hybridized carbons (Fsp3) is 0.0952. The number of rotatable bonds is 7.